The number of hydrogen-bond acceptors (Lipinski definition) is 6. The molecular weight excluding hydrogens is 370 g/mol. The van der Waals surface area contributed by atoms with Crippen molar-refractivity contribution in [1.82, 2.24) is 5.01 Å². The monoisotopic (exact) mass is 391 g/mol. The van der Waals surface area contributed by atoms with Gasteiger partial charge in [0.05, 0.1) is 5.69 Å². The molecule has 4 rings (SSSR count). The molecule has 0 bridgehead atoms. The molecule has 1 N–H and O–H groups in total. The van der Waals surface area contributed by atoms with Crippen molar-refractivity contribution in [3.8, 4) is 0 Å². The van der Waals surface area contributed by atoms with Crippen molar-refractivity contribution in [2.75, 3.05) is 16.8 Å². The quantitative estimate of drug-likeness (QED) is 0.811. The average molecular weight is 391 g/mol. The number of anilines is 2. The van der Waals surface area contributed by atoms with Gasteiger partial charge in [0.15, 0.2) is 12.1 Å². The smallest absolute Gasteiger partial charge is 0.263 e. The predicted molar refractivity (Wildman–Crippen MR) is 107 cm³/mol. The van der Waals surface area contributed by atoms with Gasteiger partial charge in [-0.25, -0.2) is 4.90 Å². The highest BCUT2D eigenvalue weighted by Crippen LogP contribution is 2.32. The Hall–Kier alpha value is -3.55. The highest BCUT2D eigenvalue weighted by molar-refractivity contribution is 6.25. The summed E-state index contributed by atoms with van der Waals surface area (Å²) in [6, 6.07) is 10.9. The molecule has 0 aromatic heterocycles. The third-order valence-corrected chi connectivity index (χ3v) is 5.33. The van der Waals surface area contributed by atoms with Crippen molar-refractivity contribution in [3.63, 3.8) is 0 Å². The summed E-state index contributed by atoms with van der Waals surface area (Å²) in [4.78, 5) is 39.3. The van der Waals surface area contributed by atoms with Crippen LogP contribution >= 0.6 is 0 Å². The van der Waals surface area contributed by atoms with Crippen LogP contribution in [0.25, 0.3) is 0 Å². The molecule has 8 nitrogen and oxygen atoms in total. The van der Waals surface area contributed by atoms with Crippen molar-refractivity contribution < 1.29 is 14.4 Å². The topological polar surface area (TPSA) is 94.4 Å². The van der Waals surface area contributed by atoms with Gasteiger partial charge in [-0.2, -0.15) is 5.11 Å². The fraction of sp³-hybridized carbons (Fsp3) is 0.286. The van der Waals surface area contributed by atoms with Crippen LogP contribution < -0.4 is 10.2 Å². The van der Waals surface area contributed by atoms with Crippen LogP contribution in [0.15, 0.2) is 52.8 Å². The number of benzene rings is 2. The van der Waals surface area contributed by atoms with Crippen molar-refractivity contribution in [3.05, 3.63) is 59.2 Å². The molecule has 0 unspecified atom stereocenters. The van der Waals surface area contributed by atoms with E-state index in [1.807, 2.05) is 51.1 Å². The lowest BCUT2D eigenvalue weighted by molar-refractivity contribution is -0.123. The van der Waals surface area contributed by atoms with Gasteiger partial charge in [-0.1, -0.05) is 35.1 Å². The van der Waals surface area contributed by atoms with Gasteiger partial charge >= 0.3 is 0 Å². The molecule has 2 aromatic carbocycles. The van der Waals surface area contributed by atoms with Gasteiger partial charge in [0.25, 0.3) is 11.8 Å². The van der Waals surface area contributed by atoms with Crippen LogP contribution in [0, 0.1) is 20.8 Å². The number of hydrogen-bond donors (Lipinski definition) is 1. The second kappa shape index (κ2) is 7.12. The highest BCUT2D eigenvalue weighted by atomic mass is 16.2. The highest BCUT2D eigenvalue weighted by Gasteiger charge is 2.55. The number of imide groups is 1. The second-order valence-electron chi connectivity index (χ2n) is 7.34. The maximum absolute atomic E-state index is 12.9. The van der Waals surface area contributed by atoms with Crippen LogP contribution in [-0.2, 0) is 14.4 Å². The van der Waals surface area contributed by atoms with E-state index < -0.39 is 23.9 Å². The number of nitrogens with zero attached hydrogens (tertiary/aromatic N) is 4. The Labute approximate surface area is 168 Å². The minimum absolute atomic E-state index is 0.168. The summed E-state index contributed by atoms with van der Waals surface area (Å²) in [5.74, 6) is -1.18. The molecule has 2 aromatic rings. The molecule has 0 saturated carbocycles. The molecule has 3 amide bonds. The zero-order valence-corrected chi connectivity index (χ0v) is 16.4. The summed E-state index contributed by atoms with van der Waals surface area (Å²) < 4.78 is 0. The molecule has 148 valence electrons. The number of nitrogens with one attached hydrogen (secondary N) is 1. The molecule has 1 saturated heterocycles. The maximum Gasteiger partial charge on any atom is 0.263 e. The third-order valence-electron chi connectivity index (χ3n) is 5.33. The van der Waals surface area contributed by atoms with Gasteiger partial charge in [-0.3, -0.25) is 19.4 Å². The number of rotatable bonds is 4. The summed E-state index contributed by atoms with van der Waals surface area (Å²) in [6.07, 6.45) is 0. The van der Waals surface area contributed by atoms with E-state index in [9.17, 15) is 14.4 Å². The Morgan fingerprint density at radius 1 is 1.03 bits per heavy atom. The Kier molecular flexibility index (Phi) is 4.62. The minimum atomic E-state index is -0.919. The molecule has 0 radical (unpaired) electrons. The first-order chi connectivity index (χ1) is 13.9. The first-order valence-corrected chi connectivity index (χ1v) is 9.35. The largest absolute Gasteiger partial charge is 0.324 e. The standard InChI is InChI=1S/C21H21N5O3/c1-12-7-9-15(10-8-12)26-20(28)18-19(21(26)29)25(24-23-18)11-17(27)22-16-6-4-5-13(2)14(16)3/h4-10,18-19H,11H2,1-3H3,(H,22,27)/t18-,19-/m0/s1. The van der Waals surface area contributed by atoms with Gasteiger partial charge in [-0.05, 0) is 50.1 Å². The van der Waals surface area contributed by atoms with Crippen molar-refractivity contribution >= 4 is 29.1 Å². The van der Waals surface area contributed by atoms with E-state index in [-0.39, 0.29) is 12.5 Å². The van der Waals surface area contributed by atoms with Gasteiger partial charge in [0.2, 0.25) is 5.91 Å². The van der Waals surface area contributed by atoms with E-state index in [4.69, 9.17) is 0 Å². The number of carbonyl (C=O) groups is 3. The van der Waals surface area contributed by atoms with Crippen LogP contribution in [0.1, 0.15) is 16.7 Å². The summed E-state index contributed by atoms with van der Waals surface area (Å²) >= 11 is 0. The molecular formula is C21H21N5O3. The molecule has 0 spiro atoms. The van der Waals surface area contributed by atoms with Crippen molar-refractivity contribution in [1.29, 1.82) is 0 Å². The first kappa shape index (κ1) is 18.8. The molecule has 2 atom stereocenters. The van der Waals surface area contributed by atoms with Crippen LogP contribution in [0.5, 0.6) is 0 Å². The van der Waals surface area contributed by atoms with Crippen LogP contribution in [0.2, 0.25) is 0 Å². The first-order valence-electron chi connectivity index (χ1n) is 9.35. The van der Waals surface area contributed by atoms with E-state index in [1.54, 1.807) is 12.1 Å². The molecule has 2 aliphatic rings. The van der Waals surface area contributed by atoms with Crippen LogP contribution in [0.4, 0.5) is 11.4 Å². The molecule has 2 heterocycles. The van der Waals surface area contributed by atoms with Crippen molar-refractivity contribution in [2.24, 2.45) is 10.3 Å². The Balaban J connectivity index is 1.49. The Bertz CT molecular complexity index is 1030. The van der Waals surface area contributed by atoms with E-state index in [0.717, 1.165) is 21.6 Å². The lowest BCUT2D eigenvalue weighted by atomic mass is 10.1. The van der Waals surface area contributed by atoms with Gasteiger partial charge in [-0.15, -0.1) is 0 Å². The fourth-order valence-electron chi connectivity index (χ4n) is 3.53. The predicted octanol–water partition coefficient (Wildman–Crippen LogP) is 2.54. The Morgan fingerprint density at radius 2 is 1.76 bits per heavy atom. The van der Waals surface area contributed by atoms with E-state index >= 15 is 0 Å². The lowest BCUT2D eigenvalue weighted by Gasteiger charge is -2.20. The minimum Gasteiger partial charge on any atom is -0.324 e. The van der Waals surface area contributed by atoms with Gasteiger partial charge < -0.3 is 5.32 Å². The van der Waals surface area contributed by atoms with Crippen LogP contribution in [0.3, 0.4) is 0 Å². The lowest BCUT2D eigenvalue weighted by Crippen LogP contribution is -2.43. The van der Waals surface area contributed by atoms with Crippen LogP contribution in [-0.4, -0.2) is 41.4 Å². The maximum atomic E-state index is 12.9. The number of aryl methyl sites for hydroxylation is 2. The molecule has 8 heteroatoms. The zero-order chi connectivity index (χ0) is 20.7. The van der Waals surface area contributed by atoms with E-state index in [1.165, 1.54) is 5.01 Å². The number of amides is 3. The van der Waals surface area contributed by atoms with Gasteiger partial charge in [0.1, 0.15) is 6.54 Å². The van der Waals surface area contributed by atoms with E-state index in [0.29, 0.717) is 11.4 Å². The molecule has 1 fully saturated rings. The number of fused-ring (bicyclic) bond motifs is 1. The third kappa shape index (κ3) is 3.26. The fourth-order valence-corrected chi connectivity index (χ4v) is 3.53. The summed E-state index contributed by atoms with van der Waals surface area (Å²) in [6.45, 7) is 5.65. The normalized spacial score (nSPS) is 20.4. The molecule has 29 heavy (non-hydrogen) atoms. The average Bonchev–Trinajstić information content (AvgIpc) is 3.20. The molecule has 0 aliphatic carbocycles. The number of carbonyl (C=O) groups excluding carboxylic acids is 3. The van der Waals surface area contributed by atoms with Gasteiger partial charge in [0, 0.05) is 5.69 Å². The molecule has 2 aliphatic heterocycles. The SMILES string of the molecule is Cc1ccc(N2C(=O)[C@H]3N=NN(CC(=O)Nc4cccc(C)c4C)[C@@H]3C2=O)cc1. The summed E-state index contributed by atoms with van der Waals surface area (Å²) in [7, 11) is 0. The van der Waals surface area contributed by atoms with E-state index in [2.05, 4.69) is 15.7 Å². The van der Waals surface area contributed by atoms with Crippen molar-refractivity contribution in [2.45, 2.75) is 32.9 Å². The Morgan fingerprint density at radius 3 is 2.48 bits per heavy atom. The summed E-state index contributed by atoms with van der Waals surface area (Å²) in [5.41, 5.74) is 4.26. The second-order valence-corrected chi connectivity index (χ2v) is 7.34. The summed E-state index contributed by atoms with van der Waals surface area (Å²) in [5, 5.41) is 12.0. The zero-order valence-electron chi connectivity index (χ0n) is 16.4.